The minimum absolute atomic E-state index is 0.292. The predicted octanol–water partition coefficient (Wildman–Crippen LogP) is 2.01. The second kappa shape index (κ2) is 4.09. The van der Waals surface area contributed by atoms with Crippen LogP contribution in [0.25, 0.3) is 0 Å². The summed E-state index contributed by atoms with van der Waals surface area (Å²) < 4.78 is 5.25. The SMILES string of the molecule is CCC(C)c1noc([C@@H]2CCCN2)n1. The van der Waals surface area contributed by atoms with Crippen molar-refractivity contribution in [1.29, 1.82) is 0 Å². The molecule has 1 aromatic heterocycles. The third-order valence-electron chi connectivity index (χ3n) is 2.87. The van der Waals surface area contributed by atoms with E-state index in [1.165, 1.54) is 6.42 Å². The first kappa shape index (κ1) is 9.65. The Balaban J connectivity index is 2.08. The zero-order chi connectivity index (χ0) is 9.97. The Morgan fingerprint density at radius 3 is 3.14 bits per heavy atom. The molecule has 0 spiro atoms. The summed E-state index contributed by atoms with van der Waals surface area (Å²) in [5, 5.41) is 7.35. The third-order valence-corrected chi connectivity index (χ3v) is 2.87. The van der Waals surface area contributed by atoms with Crippen molar-refractivity contribution < 1.29 is 4.52 Å². The summed E-state index contributed by atoms with van der Waals surface area (Å²) in [6.45, 7) is 5.32. The van der Waals surface area contributed by atoms with Crippen molar-refractivity contribution in [3.8, 4) is 0 Å². The summed E-state index contributed by atoms with van der Waals surface area (Å²) in [6, 6.07) is 0.292. The van der Waals surface area contributed by atoms with Gasteiger partial charge in [0.2, 0.25) is 5.89 Å². The van der Waals surface area contributed by atoms with Gasteiger partial charge in [0.1, 0.15) is 0 Å². The number of hydrogen-bond donors (Lipinski definition) is 1. The van der Waals surface area contributed by atoms with E-state index in [0.717, 1.165) is 31.1 Å². The first-order valence-electron chi connectivity index (χ1n) is 5.38. The molecule has 1 unspecified atom stereocenters. The van der Waals surface area contributed by atoms with Crippen molar-refractivity contribution in [2.24, 2.45) is 0 Å². The summed E-state index contributed by atoms with van der Waals surface area (Å²) >= 11 is 0. The largest absolute Gasteiger partial charge is 0.338 e. The van der Waals surface area contributed by atoms with Gasteiger partial charge in [-0.1, -0.05) is 19.0 Å². The standard InChI is InChI=1S/C10H17N3O/c1-3-7(2)9-12-10(14-13-9)8-5-4-6-11-8/h7-8,11H,3-6H2,1-2H3/t7?,8-/m0/s1. The van der Waals surface area contributed by atoms with Crippen LogP contribution in [0.1, 0.15) is 56.8 Å². The predicted molar refractivity (Wildman–Crippen MR) is 53.0 cm³/mol. The van der Waals surface area contributed by atoms with Crippen LogP contribution < -0.4 is 5.32 Å². The van der Waals surface area contributed by atoms with Gasteiger partial charge in [-0.2, -0.15) is 4.98 Å². The van der Waals surface area contributed by atoms with Gasteiger partial charge in [0.05, 0.1) is 6.04 Å². The van der Waals surface area contributed by atoms with E-state index in [1.807, 2.05) is 0 Å². The van der Waals surface area contributed by atoms with E-state index in [2.05, 4.69) is 29.3 Å². The Kier molecular flexibility index (Phi) is 2.82. The van der Waals surface area contributed by atoms with E-state index in [1.54, 1.807) is 0 Å². The van der Waals surface area contributed by atoms with Crippen LogP contribution in [-0.4, -0.2) is 16.7 Å². The van der Waals surface area contributed by atoms with Gasteiger partial charge in [-0.05, 0) is 25.8 Å². The van der Waals surface area contributed by atoms with Crippen molar-refractivity contribution in [1.82, 2.24) is 15.5 Å². The summed E-state index contributed by atoms with van der Waals surface area (Å²) in [6.07, 6.45) is 3.37. The number of nitrogens with one attached hydrogen (secondary N) is 1. The van der Waals surface area contributed by atoms with Crippen LogP contribution in [0.15, 0.2) is 4.52 Å². The molecule has 2 heterocycles. The number of aromatic nitrogens is 2. The van der Waals surface area contributed by atoms with E-state index in [9.17, 15) is 0 Å². The highest BCUT2D eigenvalue weighted by Gasteiger charge is 2.23. The van der Waals surface area contributed by atoms with E-state index in [0.29, 0.717) is 12.0 Å². The fourth-order valence-electron chi connectivity index (χ4n) is 1.67. The summed E-state index contributed by atoms with van der Waals surface area (Å²) in [5.41, 5.74) is 0. The first-order valence-corrected chi connectivity index (χ1v) is 5.38. The molecule has 2 rings (SSSR count). The summed E-state index contributed by atoms with van der Waals surface area (Å²) in [5.74, 6) is 2.00. The molecule has 1 aliphatic heterocycles. The third kappa shape index (κ3) is 1.80. The zero-order valence-electron chi connectivity index (χ0n) is 8.79. The van der Waals surface area contributed by atoms with Gasteiger partial charge in [-0.3, -0.25) is 0 Å². The van der Waals surface area contributed by atoms with Gasteiger partial charge in [-0.25, -0.2) is 0 Å². The van der Waals surface area contributed by atoms with Crippen molar-refractivity contribution in [2.75, 3.05) is 6.54 Å². The molecule has 1 fully saturated rings. The molecule has 1 aromatic rings. The molecule has 0 amide bonds. The second-order valence-corrected chi connectivity index (χ2v) is 3.95. The molecule has 0 aliphatic carbocycles. The molecule has 0 aromatic carbocycles. The van der Waals surface area contributed by atoms with Gasteiger partial charge in [0.15, 0.2) is 5.82 Å². The molecule has 0 bridgehead atoms. The molecule has 0 saturated carbocycles. The van der Waals surface area contributed by atoms with Gasteiger partial charge < -0.3 is 9.84 Å². The normalized spacial score (nSPS) is 24.0. The highest BCUT2D eigenvalue weighted by molar-refractivity contribution is 4.98. The van der Waals surface area contributed by atoms with E-state index in [-0.39, 0.29) is 0 Å². The van der Waals surface area contributed by atoms with Crippen LogP contribution in [0, 0.1) is 0 Å². The van der Waals surface area contributed by atoms with E-state index in [4.69, 9.17) is 4.52 Å². The molecule has 1 N–H and O–H groups in total. The Hall–Kier alpha value is -0.900. The lowest BCUT2D eigenvalue weighted by atomic mass is 10.1. The maximum Gasteiger partial charge on any atom is 0.243 e. The molecular formula is C10H17N3O. The minimum atomic E-state index is 0.292. The highest BCUT2D eigenvalue weighted by Crippen LogP contribution is 2.23. The minimum Gasteiger partial charge on any atom is -0.338 e. The molecule has 1 saturated heterocycles. The van der Waals surface area contributed by atoms with Crippen molar-refractivity contribution in [3.05, 3.63) is 11.7 Å². The Morgan fingerprint density at radius 1 is 1.64 bits per heavy atom. The maximum absolute atomic E-state index is 5.25. The molecule has 2 atom stereocenters. The van der Waals surface area contributed by atoms with Crippen LogP contribution >= 0.6 is 0 Å². The lowest BCUT2D eigenvalue weighted by Gasteiger charge is -2.02. The highest BCUT2D eigenvalue weighted by atomic mass is 16.5. The summed E-state index contributed by atoms with van der Waals surface area (Å²) in [4.78, 5) is 4.42. The zero-order valence-corrected chi connectivity index (χ0v) is 8.79. The number of hydrogen-bond acceptors (Lipinski definition) is 4. The van der Waals surface area contributed by atoms with Crippen molar-refractivity contribution in [3.63, 3.8) is 0 Å². The van der Waals surface area contributed by atoms with E-state index >= 15 is 0 Å². The first-order chi connectivity index (χ1) is 6.81. The Morgan fingerprint density at radius 2 is 2.50 bits per heavy atom. The van der Waals surface area contributed by atoms with Crippen LogP contribution in [0.5, 0.6) is 0 Å². The van der Waals surface area contributed by atoms with Crippen LogP contribution in [0.4, 0.5) is 0 Å². The smallest absolute Gasteiger partial charge is 0.243 e. The lowest BCUT2D eigenvalue weighted by Crippen LogP contribution is -2.13. The fraction of sp³-hybridized carbons (Fsp3) is 0.800. The molecule has 1 aliphatic rings. The topological polar surface area (TPSA) is 51.0 Å². The molecule has 0 radical (unpaired) electrons. The monoisotopic (exact) mass is 195 g/mol. The molecule has 14 heavy (non-hydrogen) atoms. The quantitative estimate of drug-likeness (QED) is 0.801. The number of nitrogens with zero attached hydrogens (tertiary/aromatic N) is 2. The maximum atomic E-state index is 5.25. The average molecular weight is 195 g/mol. The second-order valence-electron chi connectivity index (χ2n) is 3.95. The van der Waals surface area contributed by atoms with Gasteiger partial charge in [0, 0.05) is 5.92 Å². The Labute approximate surface area is 84.1 Å². The van der Waals surface area contributed by atoms with Crippen LogP contribution in [0.3, 0.4) is 0 Å². The molecule has 4 heteroatoms. The van der Waals surface area contributed by atoms with E-state index < -0.39 is 0 Å². The fourth-order valence-corrected chi connectivity index (χ4v) is 1.67. The average Bonchev–Trinajstić information content (AvgIpc) is 2.86. The molecule has 4 nitrogen and oxygen atoms in total. The van der Waals surface area contributed by atoms with Crippen molar-refractivity contribution >= 4 is 0 Å². The molecular weight excluding hydrogens is 178 g/mol. The lowest BCUT2D eigenvalue weighted by molar-refractivity contribution is 0.339. The Bertz CT molecular complexity index is 291. The van der Waals surface area contributed by atoms with Gasteiger partial charge in [-0.15, -0.1) is 0 Å². The van der Waals surface area contributed by atoms with Crippen LogP contribution in [-0.2, 0) is 0 Å². The van der Waals surface area contributed by atoms with Gasteiger partial charge in [0.25, 0.3) is 0 Å². The van der Waals surface area contributed by atoms with Crippen molar-refractivity contribution in [2.45, 2.75) is 45.1 Å². The summed E-state index contributed by atoms with van der Waals surface area (Å²) in [7, 11) is 0. The van der Waals surface area contributed by atoms with Gasteiger partial charge >= 0.3 is 0 Å². The molecule has 78 valence electrons. The van der Waals surface area contributed by atoms with Crippen LogP contribution in [0.2, 0.25) is 0 Å². The number of rotatable bonds is 3.